The zero-order chi connectivity index (χ0) is 7.98. The molecule has 0 spiro atoms. The second-order valence-corrected chi connectivity index (χ2v) is 3.24. The number of hydrogen-bond donors (Lipinski definition) is 2. The maximum atomic E-state index is 10.1. The number of alkyl halides is 1. The van der Waals surface area contributed by atoms with E-state index in [1.54, 1.807) is 0 Å². The zero-order valence-corrected chi connectivity index (χ0v) is 8.21. The third-order valence-corrected chi connectivity index (χ3v) is 2.34. The molecule has 11 heavy (non-hydrogen) atoms. The number of hydrogen-bond acceptors (Lipinski definition) is 3. The molecule has 0 aliphatic carbocycles. The molecule has 1 atom stereocenters. The molecule has 0 aromatic carbocycles. The summed E-state index contributed by atoms with van der Waals surface area (Å²) in [6, 6.07) is -0.756. The number of thioether (sulfide) groups is 1. The first-order valence-corrected chi connectivity index (χ1v) is 4.49. The Kier molecular flexibility index (Phi) is 10.7. The molecule has 0 aliphatic rings. The van der Waals surface area contributed by atoms with Crippen LogP contribution in [-0.4, -0.2) is 34.5 Å². The highest BCUT2D eigenvalue weighted by Crippen LogP contribution is 2.01. The van der Waals surface area contributed by atoms with E-state index in [1.807, 2.05) is 0 Å². The lowest BCUT2D eigenvalue weighted by molar-refractivity contribution is -0.137. The molecule has 0 bridgehead atoms. The zero-order valence-electron chi connectivity index (χ0n) is 5.83. The van der Waals surface area contributed by atoms with E-state index in [0.29, 0.717) is 11.6 Å². The van der Waals surface area contributed by atoms with Gasteiger partial charge in [0.2, 0.25) is 0 Å². The fraction of sp³-hybridized carbons (Fsp3) is 0.800. The molecule has 0 aromatic rings. The molecular formula is C5H11Cl2NO2S. The average Bonchev–Trinajstić information content (AvgIpc) is 1.88. The Hall–Kier alpha value is 0.360. The van der Waals surface area contributed by atoms with Crippen LogP contribution >= 0.6 is 35.8 Å². The van der Waals surface area contributed by atoms with Gasteiger partial charge in [0.1, 0.15) is 6.04 Å². The summed E-state index contributed by atoms with van der Waals surface area (Å²) < 4.78 is 0. The predicted molar refractivity (Wildman–Crippen MR) is 50.9 cm³/mol. The van der Waals surface area contributed by atoms with Crippen molar-refractivity contribution < 1.29 is 9.90 Å². The smallest absolute Gasteiger partial charge is 0.321 e. The van der Waals surface area contributed by atoms with Crippen molar-refractivity contribution in [2.24, 2.45) is 5.73 Å². The molecule has 0 unspecified atom stereocenters. The standard InChI is InChI=1S/C5H10ClNO2S.ClH/c6-1-2-10-3-4(7)5(8)9;/h4H,1-3,7H2,(H,8,9);1H/t4-;/m0./s1. The van der Waals surface area contributed by atoms with Gasteiger partial charge < -0.3 is 10.8 Å². The van der Waals surface area contributed by atoms with Crippen molar-refractivity contribution in [1.29, 1.82) is 0 Å². The van der Waals surface area contributed by atoms with Crippen LogP contribution in [0.2, 0.25) is 0 Å². The van der Waals surface area contributed by atoms with Gasteiger partial charge in [0.25, 0.3) is 0 Å². The first-order valence-electron chi connectivity index (χ1n) is 2.80. The summed E-state index contributed by atoms with van der Waals surface area (Å²) in [6.07, 6.45) is 0. The van der Waals surface area contributed by atoms with E-state index in [9.17, 15) is 4.79 Å². The van der Waals surface area contributed by atoms with E-state index in [-0.39, 0.29) is 12.4 Å². The topological polar surface area (TPSA) is 63.3 Å². The van der Waals surface area contributed by atoms with Crippen LogP contribution in [0.1, 0.15) is 0 Å². The summed E-state index contributed by atoms with van der Waals surface area (Å²) in [5, 5.41) is 8.31. The SMILES string of the molecule is Cl.N[C@@H](CSCCCl)C(=O)O. The molecule has 0 heterocycles. The minimum absolute atomic E-state index is 0. The molecule has 0 saturated heterocycles. The summed E-state index contributed by atoms with van der Waals surface area (Å²) in [4.78, 5) is 10.1. The number of rotatable bonds is 5. The average molecular weight is 220 g/mol. The first-order chi connectivity index (χ1) is 4.68. The Morgan fingerprint density at radius 1 is 1.73 bits per heavy atom. The lowest BCUT2D eigenvalue weighted by Gasteiger charge is -2.03. The van der Waals surface area contributed by atoms with Crippen LogP contribution in [-0.2, 0) is 4.79 Å². The molecule has 3 nitrogen and oxygen atoms in total. The predicted octanol–water partition coefficient (Wildman–Crippen LogP) is 0.792. The van der Waals surface area contributed by atoms with E-state index >= 15 is 0 Å². The van der Waals surface area contributed by atoms with Crippen LogP contribution in [0, 0.1) is 0 Å². The Balaban J connectivity index is 0. The molecule has 3 N–H and O–H groups in total. The third-order valence-electron chi connectivity index (χ3n) is 0.836. The van der Waals surface area contributed by atoms with Crippen molar-refractivity contribution >= 4 is 41.7 Å². The summed E-state index contributed by atoms with van der Waals surface area (Å²) in [7, 11) is 0. The number of aliphatic carboxylic acids is 1. The number of nitrogens with two attached hydrogens (primary N) is 1. The fourth-order valence-corrected chi connectivity index (χ4v) is 1.34. The largest absolute Gasteiger partial charge is 0.480 e. The number of carboxylic acid groups (broad SMARTS) is 1. The van der Waals surface area contributed by atoms with Crippen LogP contribution in [0.25, 0.3) is 0 Å². The monoisotopic (exact) mass is 219 g/mol. The molecule has 68 valence electrons. The van der Waals surface area contributed by atoms with E-state index < -0.39 is 12.0 Å². The molecule has 0 fully saturated rings. The summed E-state index contributed by atoms with van der Waals surface area (Å²) in [6.45, 7) is 0. The Morgan fingerprint density at radius 2 is 2.27 bits per heavy atom. The Labute approximate surface area is 81.1 Å². The van der Waals surface area contributed by atoms with E-state index in [4.69, 9.17) is 22.4 Å². The second-order valence-electron chi connectivity index (χ2n) is 1.71. The van der Waals surface area contributed by atoms with Gasteiger partial charge in [-0.1, -0.05) is 0 Å². The van der Waals surface area contributed by atoms with E-state index in [2.05, 4.69) is 0 Å². The van der Waals surface area contributed by atoms with Crippen LogP contribution in [0.5, 0.6) is 0 Å². The Morgan fingerprint density at radius 3 is 2.64 bits per heavy atom. The molecule has 0 rings (SSSR count). The number of carboxylic acids is 1. The van der Waals surface area contributed by atoms with Crippen molar-refractivity contribution in [3.05, 3.63) is 0 Å². The molecule has 0 radical (unpaired) electrons. The van der Waals surface area contributed by atoms with Crippen LogP contribution < -0.4 is 5.73 Å². The van der Waals surface area contributed by atoms with E-state index in [0.717, 1.165) is 5.75 Å². The van der Waals surface area contributed by atoms with Crippen molar-refractivity contribution in [1.82, 2.24) is 0 Å². The van der Waals surface area contributed by atoms with Gasteiger partial charge in [0.05, 0.1) is 0 Å². The minimum atomic E-state index is -0.956. The highest BCUT2D eigenvalue weighted by Gasteiger charge is 2.09. The maximum Gasteiger partial charge on any atom is 0.321 e. The first kappa shape index (κ1) is 13.9. The fourth-order valence-electron chi connectivity index (χ4n) is 0.336. The molecule has 0 aromatic heterocycles. The summed E-state index contributed by atoms with van der Waals surface area (Å²) in [5.74, 6) is 0.767. The van der Waals surface area contributed by atoms with Crippen LogP contribution in [0.4, 0.5) is 0 Å². The Bertz CT molecular complexity index is 115. The summed E-state index contributed by atoms with van der Waals surface area (Å²) >= 11 is 6.81. The van der Waals surface area contributed by atoms with Crippen molar-refractivity contribution in [2.45, 2.75) is 6.04 Å². The quantitative estimate of drug-likeness (QED) is 0.531. The van der Waals surface area contributed by atoms with Gasteiger partial charge in [0, 0.05) is 17.4 Å². The number of carbonyl (C=O) groups is 1. The van der Waals surface area contributed by atoms with Gasteiger partial charge >= 0.3 is 5.97 Å². The van der Waals surface area contributed by atoms with Gasteiger partial charge in [-0.2, -0.15) is 11.8 Å². The van der Waals surface area contributed by atoms with Crippen molar-refractivity contribution in [3.63, 3.8) is 0 Å². The second kappa shape index (κ2) is 8.46. The van der Waals surface area contributed by atoms with Gasteiger partial charge in [-0.15, -0.1) is 24.0 Å². The van der Waals surface area contributed by atoms with Gasteiger partial charge in [-0.25, -0.2) is 0 Å². The minimum Gasteiger partial charge on any atom is -0.480 e. The highest BCUT2D eigenvalue weighted by molar-refractivity contribution is 7.99. The van der Waals surface area contributed by atoms with Crippen molar-refractivity contribution in [2.75, 3.05) is 17.4 Å². The molecular weight excluding hydrogens is 209 g/mol. The molecule has 0 aliphatic heterocycles. The molecule has 0 amide bonds. The highest BCUT2D eigenvalue weighted by atomic mass is 35.5. The van der Waals surface area contributed by atoms with E-state index in [1.165, 1.54) is 11.8 Å². The van der Waals surface area contributed by atoms with Crippen molar-refractivity contribution in [3.8, 4) is 0 Å². The molecule has 6 heteroatoms. The van der Waals surface area contributed by atoms with Crippen LogP contribution in [0.3, 0.4) is 0 Å². The lowest BCUT2D eigenvalue weighted by Crippen LogP contribution is -2.32. The summed E-state index contributed by atoms with van der Waals surface area (Å²) in [5.41, 5.74) is 5.19. The normalized spacial score (nSPS) is 11.8. The molecule has 0 saturated carbocycles. The lowest BCUT2D eigenvalue weighted by atomic mass is 10.4. The van der Waals surface area contributed by atoms with Gasteiger partial charge in [-0.3, -0.25) is 4.79 Å². The number of halogens is 2. The van der Waals surface area contributed by atoms with Crippen LogP contribution in [0.15, 0.2) is 0 Å². The third kappa shape index (κ3) is 8.26. The van der Waals surface area contributed by atoms with Gasteiger partial charge in [-0.05, 0) is 0 Å². The van der Waals surface area contributed by atoms with Gasteiger partial charge in [0.15, 0.2) is 0 Å². The maximum absolute atomic E-state index is 10.1.